The SMILES string of the molecule is O=C=NCCCC[CH]Cc1ccc([N+](=O)[O-])cc1. The Morgan fingerprint density at radius 3 is 2.61 bits per heavy atom. The predicted molar refractivity (Wildman–Crippen MR) is 67.9 cm³/mol. The number of isocyanates is 1. The van der Waals surface area contributed by atoms with E-state index in [1.54, 1.807) is 12.1 Å². The third-order valence-corrected chi connectivity index (χ3v) is 2.52. The van der Waals surface area contributed by atoms with Crippen LogP contribution in [0.2, 0.25) is 0 Å². The van der Waals surface area contributed by atoms with Crippen LogP contribution in [0.25, 0.3) is 0 Å². The number of benzene rings is 1. The zero-order chi connectivity index (χ0) is 13.2. The molecule has 0 N–H and O–H groups in total. The Hall–Kier alpha value is -2.00. The first-order valence-corrected chi connectivity index (χ1v) is 5.82. The van der Waals surface area contributed by atoms with Crippen molar-refractivity contribution >= 4 is 11.8 Å². The second-order valence-corrected chi connectivity index (χ2v) is 3.89. The minimum Gasteiger partial charge on any atom is -0.258 e. The second kappa shape index (κ2) is 8.14. The van der Waals surface area contributed by atoms with Crippen LogP contribution >= 0.6 is 0 Å². The lowest BCUT2D eigenvalue weighted by atomic mass is 10.1. The third-order valence-electron chi connectivity index (χ3n) is 2.52. The molecular formula is C13H15N2O3. The van der Waals surface area contributed by atoms with Crippen LogP contribution in [0.1, 0.15) is 24.8 Å². The normalized spacial score (nSPS) is 9.78. The van der Waals surface area contributed by atoms with Gasteiger partial charge in [0.15, 0.2) is 0 Å². The molecule has 0 aromatic heterocycles. The summed E-state index contributed by atoms with van der Waals surface area (Å²) in [5, 5.41) is 10.5. The number of hydrogen-bond acceptors (Lipinski definition) is 4. The number of hydrogen-bond donors (Lipinski definition) is 0. The Bertz CT molecular complexity index is 422. The van der Waals surface area contributed by atoms with Crippen LogP contribution in [0.3, 0.4) is 0 Å². The van der Waals surface area contributed by atoms with Crippen LogP contribution in [0.5, 0.6) is 0 Å². The van der Waals surface area contributed by atoms with Gasteiger partial charge in [-0.25, -0.2) is 9.79 Å². The molecule has 0 saturated heterocycles. The molecule has 0 aliphatic heterocycles. The molecule has 1 aromatic rings. The highest BCUT2D eigenvalue weighted by Gasteiger charge is 2.03. The van der Waals surface area contributed by atoms with E-state index < -0.39 is 4.92 Å². The number of aliphatic imine (C=N–C) groups is 1. The lowest BCUT2D eigenvalue weighted by molar-refractivity contribution is -0.384. The minimum atomic E-state index is -0.402. The van der Waals surface area contributed by atoms with Gasteiger partial charge in [-0.2, -0.15) is 0 Å². The average Bonchev–Trinajstić information content (AvgIpc) is 2.38. The summed E-state index contributed by atoms with van der Waals surface area (Å²) in [4.78, 5) is 23.3. The fourth-order valence-corrected chi connectivity index (χ4v) is 1.55. The van der Waals surface area contributed by atoms with E-state index in [1.807, 2.05) is 0 Å². The van der Waals surface area contributed by atoms with Crippen LogP contribution in [0, 0.1) is 16.5 Å². The summed E-state index contributed by atoms with van der Waals surface area (Å²) in [7, 11) is 0. The Kier molecular flexibility index (Phi) is 6.36. The van der Waals surface area contributed by atoms with Crippen molar-refractivity contribution in [3.05, 3.63) is 46.4 Å². The standard InChI is InChI=1S/C13H15N2O3/c16-11-14-10-4-2-1-3-5-12-6-8-13(9-7-12)15(17)18/h3,6-9H,1-2,4-5,10H2. The molecule has 0 unspecified atom stereocenters. The highest BCUT2D eigenvalue weighted by molar-refractivity contribution is 5.33. The highest BCUT2D eigenvalue weighted by Crippen LogP contribution is 2.13. The molecule has 0 aliphatic rings. The van der Waals surface area contributed by atoms with Gasteiger partial charge in [0.2, 0.25) is 6.08 Å². The summed E-state index contributed by atoms with van der Waals surface area (Å²) in [5.41, 5.74) is 1.18. The first-order chi connectivity index (χ1) is 8.74. The van der Waals surface area contributed by atoms with Crippen molar-refractivity contribution in [3.8, 4) is 0 Å². The van der Waals surface area contributed by atoms with Crippen molar-refractivity contribution in [2.45, 2.75) is 25.7 Å². The van der Waals surface area contributed by atoms with Crippen molar-refractivity contribution in [2.75, 3.05) is 6.54 Å². The molecule has 5 heteroatoms. The molecule has 1 radical (unpaired) electrons. The molecule has 95 valence electrons. The number of non-ortho nitro benzene ring substituents is 1. The van der Waals surface area contributed by atoms with Gasteiger partial charge in [-0.3, -0.25) is 10.1 Å². The summed E-state index contributed by atoms with van der Waals surface area (Å²) >= 11 is 0. The topological polar surface area (TPSA) is 72.6 Å². The molecule has 1 rings (SSSR count). The van der Waals surface area contributed by atoms with E-state index in [2.05, 4.69) is 11.4 Å². The lowest BCUT2D eigenvalue weighted by Gasteiger charge is -2.00. The number of nitro benzene ring substituents is 1. The first kappa shape index (κ1) is 14.1. The van der Waals surface area contributed by atoms with Crippen LogP contribution in [0.15, 0.2) is 29.3 Å². The van der Waals surface area contributed by atoms with Crippen LogP contribution in [-0.4, -0.2) is 17.5 Å². The second-order valence-electron chi connectivity index (χ2n) is 3.89. The fraction of sp³-hybridized carbons (Fsp3) is 0.385. The smallest absolute Gasteiger partial charge is 0.258 e. The fourth-order valence-electron chi connectivity index (χ4n) is 1.55. The molecule has 0 atom stereocenters. The van der Waals surface area contributed by atoms with Gasteiger partial charge in [0.25, 0.3) is 5.69 Å². The molecule has 0 fully saturated rings. The van der Waals surface area contributed by atoms with E-state index in [1.165, 1.54) is 18.2 Å². The maximum atomic E-state index is 10.5. The van der Waals surface area contributed by atoms with Crippen LogP contribution < -0.4 is 0 Å². The molecule has 0 heterocycles. The summed E-state index contributed by atoms with van der Waals surface area (Å²) in [5.74, 6) is 0. The van der Waals surface area contributed by atoms with Gasteiger partial charge < -0.3 is 0 Å². The van der Waals surface area contributed by atoms with E-state index >= 15 is 0 Å². The quantitative estimate of drug-likeness (QED) is 0.233. The Labute approximate surface area is 106 Å². The monoisotopic (exact) mass is 247 g/mol. The number of carbonyl (C=O) groups excluding carboxylic acids is 1. The average molecular weight is 247 g/mol. The number of rotatable bonds is 8. The zero-order valence-corrected chi connectivity index (χ0v) is 10.0. The van der Waals surface area contributed by atoms with E-state index in [0.717, 1.165) is 31.2 Å². The van der Waals surface area contributed by atoms with Crippen LogP contribution in [0.4, 0.5) is 5.69 Å². The predicted octanol–water partition coefficient (Wildman–Crippen LogP) is 2.85. The van der Waals surface area contributed by atoms with Crippen molar-refractivity contribution in [2.24, 2.45) is 4.99 Å². The Morgan fingerprint density at radius 1 is 1.28 bits per heavy atom. The molecule has 0 spiro atoms. The highest BCUT2D eigenvalue weighted by atomic mass is 16.6. The number of nitro groups is 1. The van der Waals surface area contributed by atoms with Crippen molar-refractivity contribution in [3.63, 3.8) is 0 Å². The molecule has 0 bridgehead atoms. The van der Waals surface area contributed by atoms with Crippen molar-refractivity contribution in [1.29, 1.82) is 0 Å². The van der Waals surface area contributed by atoms with Gasteiger partial charge in [0, 0.05) is 12.1 Å². The maximum absolute atomic E-state index is 10.5. The van der Waals surface area contributed by atoms with E-state index in [-0.39, 0.29) is 5.69 Å². The molecule has 0 aliphatic carbocycles. The van der Waals surface area contributed by atoms with Gasteiger partial charge in [-0.05, 0) is 31.2 Å². The Balaban J connectivity index is 2.19. The molecular weight excluding hydrogens is 232 g/mol. The van der Waals surface area contributed by atoms with Crippen molar-refractivity contribution < 1.29 is 9.72 Å². The van der Waals surface area contributed by atoms with Gasteiger partial charge >= 0.3 is 0 Å². The van der Waals surface area contributed by atoms with Crippen molar-refractivity contribution in [1.82, 2.24) is 0 Å². The molecule has 0 saturated carbocycles. The van der Waals surface area contributed by atoms with E-state index in [0.29, 0.717) is 6.54 Å². The largest absolute Gasteiger partial charge is 0.269 e. The van der Waals surface area contributed by atoms with Gasteiger partial charge in [-0.1, -0.05) is 18.6 Å². The Morgan fingerprint density at radius 2 is 2.00 bits per heavy atom. The number of nitrogens with zero attached hydrogens (tertiary/aromatic N) is 2. The molecule has 5 nitrogen and oxygen atoms in total. The molecule has 0 amide bonds. The van der Waals surface area contributed by atoms with Gasteiger partial charge in [-0.15, -0.1) is 0 Å². The first-order valence-electron chi connectivity index (χ1n) is 5.82. The van der Waals surface area contributed by atoms with E-state index in [4.69, 9.17) is 0 Å². The van der Waals surface area contributed by atoms with Gasteiger partial charge in [0.1, 0.15) is 0 Å². The zero-order valence-electron chi connectivity index (χ0n) is 10.0. The summed E-state index contributed by atoms with van der Waals surface area (Å²) in [6.45, 7) is 0.537. The number of unbranched alkanes of at least 4 members (excludes halogenated alkanes) is 3. The van der Waals surface area contributed by atoms with Gasteiger partial charge in [0.05, 0.1) is 11.5 Å². The maximum Gasteiger partial charge on any atom is 0.269 e. The minimum absolute atomic E-state index is 0.116. The lowest BCUT2D eigenvalue weighted by Crippen LogP contribution is -1.91. The summed E-state index contributed by atoms with van der Waals surface area (Å²) in [6, 6.07) is 6.57. The summed E-state index contributed by atoms with van der Waals surface area (Å²) < 4.78 is 0. The van der Waals surface area contributed by atoms with E-state index in [9.17, 15) is 14.9 Å². The van der Waals surface area contributed by atoms with Crippen LogP contribution in [-0.2, 0) is 11.2 Å². The molecule has 1 aromatic carbocycles. The molecule has 18 heavy (non-hydrogen) atoms. The third kappa shape index (κ3) is 5.37. The summed E-state index contributed by atoms with van der Waals surface area (Å²) in [6.07, 6.45) is 7.25.